The van der Waals surface area contributed by atoms with Gasteiger partial charge in [-0.25, -0.2) is 14.4 Å². The lowest BCUT2D eigenvalue weighted by Gasteiger charge is -2.31. The number of hydrogen-bond acceptors (Lipinski definition) is 7. The molecule has 5 rings (SSSR count). The predicted molar refractivity (Wildman–Crippen MR) is 141 cm³/mol. The average molecular weight is 499 g/mol. The van der Waals surface area contributed by atoms with Crippen molar-refractivity contribution in [1.82, 2.24) is 15.0 Å². The fourth-order valence-electron chi connectivity index (χ4n) is 4.51. The molecule has 1 fully saturated rings. The van der Waals surface area contributed by atoms with Crippen LogP contribution in [-0.2, 0) is 5.41 Å². The zero-order chi connectivity index (χ0) is 26.2. The summed E-state index contributed by atoms with van der Waals surface area (Å²) < 4.78 is 15.0. The standard InChI is InChI=1S/C28H27FN6O2/c1-28(2,16-30)17-3-5-21(29)20(13-17)23-14-24(26-22(33-23)7-10-31-27(26)37)34-25-6-4-18(15-32-25)35-11-8-19(36)9-12-35/h3-7,10,13-15,19,36H,8-9,11-12H2,1-2H3,(H,31,37)(H,32,33,34). The molecule has 4 aromatic rings. The number of aliphatic hydroxyl groups is 1. The summed E-state index contributed by atoms with van der Waals surface area (Å²) in [6.45, 7) is 5.06. The lowest BCUT2D eigenvalue weighted by atomic mass is 9.85. The molecule has 1 aliphatic rings. The van der Waals surface area contributed by atoms with E-state index >= 15 is 0 Å². The van der Waals surface area contributed by atoms with Gasteiger partial charge in [-0.05, 0) is 68.7 Å². The normalized spacial score (nSPS) is 14.5. The molecule has 0 amide bonds. The molecular weight excluding hydrogens is 471 g/mol. The highest BCUT2D eigenvalue weighted by atomic mass is 19.1. The van der Waals surface area contributed by atoms with E-state index in [-0.39, 0.29) is 17.2 Å². The van der Waals surface area contributed by atoms with Gasteiger partial charge in [-0.3, -0.25) is 4.79 Å². The molecule has 0 saturated carbocycles. The van der Waals surface area contributed by atoms with Gasteiger partial charge in [0.1, 0.15) is 11.6 Å². The third-order valence-electron chi connectivity index (χ3n) is 6.81. The Morgan fingerprint density at radius 3 is 2.68 bits per heavy atom. The summed E-state index contributed by atoms with van der Waals surface area (Å²) in [5.74, 6) is 0.0385. The van der Waals surface area contributed by atoms with E-state index in [9.17, 15) is 19.6 Å². The molecule has 3 aromatic heterocycles. The molecule has 188 valence electrons. The van der Waals surface area contributed by atoms with Gasteiger partial charge < -0.3 is 20.3 Å². The number of nitrogens with zero attached hydrogens (tertiary/aromatic N) is 4. The number of anilines is 3. The Balaban J connectivity index is 1.54. The predicted octanol–water partition coefficient (Wildman–Crippen LogP) is 4.63. The number of nitriles is 1. The van der Waals surface area contributed by atoms with Crippen LogP contribution in [0.4, 0.5) is 21.6 Å². The van der Waals surface area contributed by atoms with Crippen LogP contribution in [0.5, 0.6) is 0 Å². The van der Waals surface area contributed by atoms with Gasteiger partial charge in [0.05, 0.1) is 51.8 Å². The Labute approximate surface area is 213 Å². The molecule has 1 aromatic carbocycles. The minimum atomic E-state index is -0.810. The van der Waals surface area contributed by atoms with Crippen molar-refractivity contribution in [2.24, 2.45) is 0 Å². The zero-order valence-corrected chi connectivity index (χ0v) is 20.6. The molecule has 9 heteroatoms. The summed E-state index contributed by atoms with van der Waals surface area (Å²) in [6, 6.07) is 13.9. The molecule has 0 bridgehead atoms. The molecular formula is C28H27FN6O2. The van der Waals surface area contributed by atoms with Crippen LogP contribution in [-0.4, -0.2) is 39.3 Å². The van der Waals surface area contributed by atoms with Crippen LogP contribution in [0.25, 0.3) is 22.2 Å². The minimum Gasteiger partial charge on any atom is -0.393 e. The van der Waals surface area contributed by atoms with Crippen molar-refractivity contribution < 1.29 is 9.50 Å². The highest BCUT2D eigenvalue weighted by molar-refractivity contribution is 5.94. The molecule has 37 heavy (non-hydrogen) atoms. The number of benzene rings is 1. The van der Waals surface area contributed by atoms with Gasteiger partial charge in [0.25, 0.3) is 5.56 Å². The average Bonchev–Trinajstić information content (AvgIpc) is 2.89. The first-order valence-electron chi connectivity index (χ1n) is 12.2. The highest BCUT2D eigenvalue weighted by Gasteiger charge is 2.23. The molecule has 0 radical (unpaired) electrons. The number of H-pyrrole nitrogens is 1. The van der Waals surface area contributed by atoms with Crippen molar-refractivity contribution in [3.8, 4) is 17.3 Å². The third-order valence-corrected chi connectivity index (χ3v) is 6.81. The van der Waals surface area contributed by atoms with Gasteiger partial charge in [-0.1, -0.05) is 6.07 Å². The van der Waals surface area contributed by atoms with Crippen LogP contribution < -0.4 is 15.8 Å². The van der Waals surface area contributed by atoms with Crippen molar-refractivity contribution in [2.45, 2.75) is 38.2 Å². The number of piperidine rings is 1. The fraction of sp³-hybridized carbons (Fsp3) is 0.286. The summed E-state index contributed by atoms with van der Waals surface area (Å²) >= 11 is 0. The molecule has 0 aliphatic carbocycles. The Kier molecular flexibility index (Phi) is 6.36. The quantitative estimate of drug-likeness (QED) is 0.367. The lowest BCUT2D eigenvalue weighted by molar-refractivity contribution is 0.145. The van der Waals surface area contributed by atoms with E-state index in [2.05, 4.69) is 31.2 Å². The van der Waals surface area contributed by atoms with Crippen molar-refractivity contribution in [1.29, 1.82) is 5.26 Å². The van der Waals surface area contributed by atoms with E-state index in [1.165, 1.54) is 12.3 Å². The van der Waals surface area contributed by atoms with E-state index in [1.54, 1.807) is 44.3 Å². The van der Waals surface area contributed by atoms with Crippen LogP contribution in [0.1, 0.15) is 32.3 Å². The maximum absolute atomic E-state index is 15.0. The number of nitrogens with one attached hydrogen (secondary N) is 2. The Bertz CT molecular complexity index is 1550. The van der Waals surface area contributed by atoms with Crippen molar-refractivity contribution in [3.05, 3.63) is 76.6 Å². The van der Waals surface area contributed by atoms with E-state index in [1.807, 2.05) is 12.1 Å². The van der Waals surface area contributed by atoms with Crippen LogP contribution >= 0.6 is 0 Å². The number of rotatable bonds is 5. The largest absolute Gasteiger partial charge is 0.393 e. The van der Waals surface area contributed by atoms with E-state index in [0.717, 1.165) is 31.6 Å². The number of fused-ring (bicyclic) bond motifs is 1. The number of aliphatic hydroxyl groups excluding tert-OH is 1. The number of pyridine rings is 3. The van der Waals surface area contributed by atoms with Gasteiger partial charge in [0.15, 0.2) is 0 Å². The lowest BCUT2D eigenvalue weighted by Crippen LogP contribution is -2.35. The van der Waals surface area contributed by atoms with Gasteiger partial charge in [0.2, 0.25) is 0 Å². The van der Waals surface area contributed by atoms with Gasteiger partial charge in [0, 0.05) is 24.8 Å². The number of aromatic nitrogens is 3. The second-order valence-corrected chi connectivity index (χ2v) is 9.80. The van der Waals surface area contributed by atoms with Gasteiger partial charge in [-0.2, -0.15) is 5.26 Å². The molecule has 0 spiro atoms. The molecule has 8 nitrogen and oxygen atoms in total. The van der Waals surface area contributed by atoms with Gasteiger partial charge >= 0.3 is 0 Å². The van der Waals surface area contributed by atoms with E-state index in [0.29, 0.717) is 33.7 Å². The monoisotopic (exact) mass is 498 g/mol. The van der Waals surface area contributed by atoms with Crippen LogP contribution in [0.15, 0.2) is 59.7 Å². The number of aromatic amines is 1. The third kappa shape index (κ3) is 4.88. The van der Waals surface area contributed by atoms with Crippen molar-refractivity contribution in [2.75, 3.05) is 23.3 Å². The smallest absolute Gasteiger partial charge is 0.259 e. The summed E-state index contributed by atoms with van der Waals surface area (Å²) in [5.41, 5.74) is 1.88. The van der Waals surface area contributed by atoms with Crippen LogP contribution in [0, 0.1) is 17.1 Å². The molecule has 1 saturated heterocycles. The first kappa shape index (κ1) is 24.4. The number of hydrogen-bond donors (Lipinski definition) is 3. The highest BCUT2D eigenvalue weighted by Crippen LogP contribution is 2.33. The van der Waals surface area contributed by atoms with Crippen molar-refractivity contribution >= 4 is 28.1 Å². The number of halogens is 1. The molecule has 0 unspecified atom stereocenters. The van der Waals surface area contributed by atoms with Gasteiger partial charge in [-0.15, -0.1) is 0 Å². The first-order chi connectivity index (χ1) is 17.7. The molecule has 4 heterocycles. The molecule has 1 aliphatic heterocycles. The van der Waals surface area contributed by atoms with Crippen LogP contribution in [0.3, 0.4) is 0 Å². The second-order valence-electron chi connectivity index (χ2n) is 9.80. The molecule has 3 N–H and O–H groups in total. The van der Waals surface area contributed by atoms with Crippen LogP contribution in [0.2, 0.25) is 0 Å². The summed E-state index contributed by atoms with van der Waals surface area (Å²) in [6.07, 6.45) is 4.44. The first-order valence-corrected chi connectivity index (χ1v) is 12.2. The second kappa shape index (κ2) is 9.64. The Hall–Kier alpha value is -4.29. The maximum Gasteiger partial charge on any atom is 0.259 e. The minimum absolute atomic E-state index is 0.238. The summed E-state index contributed by atoms with van der Waals surface area (Å²) in [4.78, 5) is 26.7. The zero-order valence-electron chi connectivity index (χ0n) is 20.6. The SMILES string of the molecule is CC(C)(C#N)c1ccc(F)c(-c2cc(Nc3ccc(N4CCC(O)CC4)cn3)c3c(=O)[nH]ccc3n2)c1. The summed E-state index contributed by atoms with van der Waals surface area (Å²) in [5, 5.41) is 22.8. The van der Waals surface area contributed by atoms with Crippen molar-refractivity contribution in [3.63, 3.8) is 0 Å². The summed E-state index contributed by atoms with van der Waals surface area (Å²) in [7, 11) is 0. The molecule has 0 atom stereocenters. The van der Waals surface area contributed by atoms with E-state index < -0.39 is 11.2 Å². The maximum atomic E-state index is 15.0. The fourth-order valence-corrected chi connectivity index (χ4v) is 4.51. The topological polar surface area (TPSA) is 118 Å². The van der Waals surface area contributed by atoms with E-state index in [4.69, 9.17) is 0 Å². The Morgan fingerprint density at radius 1 is 1.19 bits per heavy atom. The Morgan fingerprint density at radius 2 is 1.97 bits per heavy atom.